The third-order valence-corrected chi connectivity index (χ3v) is 4.50. The van der Waals surface area contributed by atoms with Crippen LogP contribution in [0, 0.1) is 0 Å². The van der Waals surface area contributed by atoms with Gasteiger partial charge in [-0.2, -0.15) is 0 Å². The van der Waals surface area contributed by atoms with Crippen molar-refractivity contribution >= 4 is 29.6 Å². The number of amides is 4. The minimum atomic E-state index is -1.63. The van der Waals surface area contributed by atoms with Gasteiger partial charge in [0.2, 0.25) is 23.6 Å². The van der Waals surface area contributed by atoms with Crippen molar-refractivity contribution in [2.24, 2.45) is 5.73 Å². The number of hydrogen-bond donors (Lipinski definition) is 10. The van der Waals surface area contributed by atoms with Gasteiger partial charge in [-0.3, -0.25) is 19.2 Å². The highest BCUT2D eigenvalue weighted by Crippen LogP contribution is 1.99. The van der Waals surface area contributed by atoms with Crippen LogP contribution in [-0.2, 0) is 24.0 Å². The van der Waals surface area contributed by atoms with E-state index < -0.39 is 84.7 Å². The van der Waals surface area contributed by atoms with Crippen LogP contribution in [0.2, 0.25) is 0 Å². The van der Waals surface area contributed by atoms with Gasteiger partial charge in [0.05, 0.1) is 24.9 Å². The monoisotopic (exact) mass is 479 g/mol. The van der Waals surface area contributed by atoms with Gasteiger partial charge in [0.25, 0.3) is 0 Å². The highest BCUT2D eigenvalue weighted by Gasteiger charge is 2.33. The van der Waals surface area contributed by atoms with Crippen molar-refractivity contribution in [2.75, 3.05) is 6.61 Å². The number of carbonyl (C=O) groups is 5. The van der Waals surface area contributed by atoms with Crippen LogP contribution in [0.4, 0.5) is 0 Å². The molecule has 0 radical (unpaired) electrons. The summed E-state index contributed by atoms with van der Waals surface area (Å²) >= 11 is 0. The molecule has 0 saturated heterocycles. The Hall–Kier alpha value is -2.85. The lowest BCUT2D eigenvalue weighted by molar-refractivity contribution is -0.145. The lowest BCUT2D eigenvalue weighted by Gasteiger charge is -2.26. The van der Waals surface area contributed by atoms with Crippen LogP contribution in [0.5, 0.6) is 0 Å². The molecule has 0 bridgehead atoms. The van der Waals surface area contributed by atoms with E-state index in [1.165, 1.54) is 20.8 Å². The fourth-order valence-corrected chi connectivity index (χ4v) is 2.38. The molecule has 15 nitrogen and oxygen atoms in total. The largest absolute Gasteiger partial charge is 0.480 e. The molecule has 0 saturated carbocycles. The SMILES string of the molecule is C[C@H](NC(=O)[C@H](CO)NC(=O)[C@@H](NC(=O)[C@@H](N)[C@@H](C)O)[C@@H](C)O)C(=O)N[C@H](C(=O)O)[C@@H](C)O. The summed E-state index contributed by atoms with van der Waals surface area (Å²) in [5, 5.41) is 55.4. The van der Waals surface area contributed by atoms with E-state index in [0.717, 1.165) is 6.92 Å². The molecule has 0 spiro atoms. The van der Waals surface area contributed by atoms with E-state index in [1.54, 1.807) is 0 Å². The number of carbonyl (C=O) groups excluding carboxylic acids is 4. The zero-order chi connectivity index (χ0) is 26.0. The van der Waals surface area contributed by atoms with Gasteiger partial charge in [-0.05, 0) is 27.7 Å². The van der Waals surface area contributed by atoms with Gasteiger partial charge in [0.1, 0.15) is 24.2 Å². The van der Waals surface area contributed by atoms with Crippen LogP contribution in [0.25, 0.3) is 0 Å². The van der Waals surface area contributed by atoms with Crippen LogP contribution in [0.1, 0.15) is 27.7 Å². The minimum absolute atomic E-state index is 0.926. The summed E-state index contributed by atoms with van der Waals surface area (Å²) in [7, 11) is 0. The van der Waals surface area contributed by atoms with E-state index in [-0.39, 0.29) is 0 Å². The lowest BCUT2D eigenvalue weighted by Crippen LogP contribution is -2.61. The average Bonchev–Trinajstić information content (AvgIpc) is 2.71. The molecule has 0 unspecified atom stereocenters. The second kappa shape index (κ2) is 13.6. The number of aliphatic hydroxyl groups excluding tert-OH is 4. The van der Waals surface area contributed by atoms with Crippen molar-refractivity contribution < 1.29 is 49.5 Å². The summed E-state index contributed by atoms with van der Waals surface area (Å²) in [5.74, 6) is -5.51. The maximum absolute atomic E-state index is 12.4. The van der Waals surface area contributed by atoms with E-state index >= 15 is 0 Å². The van der Waals surface area contributed by atoms with Gasteiger partial charge in [-0.25, -0.2) is 4.79 Å². The summed E-state index contributed by atoms with van der Waals surface area (Å²) in [5.41, 5.74) is 5.47. The number of aliphatic hydroxyl groups is 4. The summed E-state index contributed by atoms with van der Waals surface area (Å²) in [6.45, 7) is 3.82. The molecule has 0 aromatic carbocycles. The van der Waals surface area contributed by atoms with Gasteiger partial charge in [0.15, 0.2) is 6.04 Å². The van der Waals surface area contributed by atoms with Gasteiger partial charge < -0.3 is 52.5 Å². The zero-order valence-corrected chi connectivity index (χ0v) is 18.7. The molecule has 15 heteroatoms. The molecule has 0 aromatic rings. The molecule has 0 aliphatic heterocycles. The zero-order valence-electron chi connectivity index (χ0n) is 18.7. The number of hydrogen-bond acceptors (Lipinski definition) is 10. The summed E-state index contributed by atoms with van der Waals surface area (Å²) < 4.78 is 0. The fraction of sp³-hybridized carbons (Fsp3) is 0.722. The van der Waals surface area contributed by atoms with Gasteiger partial charge in [0, 0.05) is 0 Å². The first-order chi connectivity index (χ1) is 15.1. The summed E-state index contributed by atoms with van der Waals surface area (Å²) in [6.07, 6.45) is -4.12. The van der Waals surface area contributed by atoms with Crippen LogP contribution in [-0.4, -0.2) is 110 Å². The second-order valence-electron chi connectivity index (χ2n) is 7.53. The summed E-state index contributed by atoms with van der Waals surface area (Å²) in [6, 6.07) is -7.55. The first-order valence-corrected chi connectivity index (χ1v) is 9.98. The smallest absolute Gasteiger partial charge is 0.328 e. The van der Waals surface area contributed by atoms with Gasteiger partial charge in [-0.1, -0.05) is 0 Å². The summed E-state index contributed by atoms with van der Waals surface area (Å²) in [4.78, 5) is 59.9. The Morgan fingerprint density at radius 1 is 0.697 bits per heavy atom. The third-order valence-electron chi connectivity index (χ3n) is 4.50. The second-order valence-corrected chi connectivity index (χ2v) is 7.53. The molecule has 0 aliphatic carbocycles. The van der Waals surface area contributed by atoms with E-state index in [0.29, 0.717) is 0 Å². The number of nitrogens with one attached hydrogen (secondary N) is 4. The lowest BCUT2D eigenvalue weighted by atomic mass is 10.1. The van der Waals surface area contributed by atoms with Crippen LogP contribution >= 0.6 is 0 Å². The van der Waals surface area contributed by atoms with E-state index in [9.17, 15) is 44.4 Å². The molecule has 0 heterocycles. The van der Waals surface area contributed by atoms with Crippen molar-refractivity contribution in [1.82, 2.24) is 21.3 Å². The Labute approximate surface area is 189 Å². The van der Waals surface area contributed by atoms with Crippen molar-refractivity contribution in [2.45, 2.75) is 76.2 Å². The Kier molecular flexibility index (Phi) is 12.5. The number of rotatable bonds is 13. The van der Waals surface area contributed by atoms with Gasteiger partial charge in [-0.15, -0.1) is 0 Å². The highest BCUT2D eigenvalue weighted by atomic mass is 16.4. The fourth-order valence-electron chi connectivity index (χ4n) is 2.38. The van der Waals surface area contributed by atoms with Crippen molar-refractivity contribution in [1.29, 1.82) is 0 Å². The molecular weight excluding hydrogens is 446 g/mol. The Morgan fingerprint density at radius 2 is 1.18 bits per heavy atom. The molecule has 33 heavy (non-hydrogen) atoms. The normalized spacial score (nSPS) is 18.3. The predicted molar refractivity (Wildman–Crippen MR) is 111 cm³/mol. The number of aliphatic carboxylic acids is 1. The number of carboxylic acid groups (broad SMARTS) is 1. The molecule has 11 N–H and O–H groups in total. The van der Waals surface area contributed by atoms with E-state index in [4.69, 9.17) is 10.8 Å². The molecule has 0 aromatic heterocycles. The minimum Gasteiger partial charge on any atom is -0.480 e. The van der Waals surface area contributed by atoms with Crippen molar-refractivity contribution in [3.8, 4) is 0 Å². The third kappa shape index (κ3) is 9.67. The molecule has 4 amide bonds. The molecular formula is C18H33N5O10. The van der Waals surface area contributed by atoms with Crippen molar-refractivity contribution in [3.05, 3.63) is 0 Å². The Bertz CT molecular complexity index is 715. The molecule has 0 fully saturated rings. The van der Waals surface area contributed by atoms with Crippen LogP contribution in [0.15, 0.2) is 0 Å². The maximum atomic E-state index is 12.4. The first kappa shape index (κ1) is 30.1. The standard InChI is InChI=1S/C18H33N5O10/c1-6(14(28)23-13(9(4)27)18(32)33)20-15(29)10(5-24)21-17(31)12(8(3)26)22-16(30)11(19)7(2)25/h6-13,24-27H,5,19H2,1-4H3,(H,20,29)(H,21,31)(H,22,30)(H,23,28)(H,32,33)/t6-,7+,8+,9+,10-,11-,12-,13-/m0/s1. The van der Waals surface area contributed by atoms with Crippen molar-refractivity contribution in [3.63, 3.8) is 0 Å². The van der Waals surface area contributed by atoms with E-state index in [1.807, 2.05) is 5.32 Å². The van der Waals surface area contributed by atoms with Crippen LogP contribution in [0.3, 0.4) is 0 Å². The number of nitrogens with two attached hydrogens (primary N) is 1. The quantitative estimate of drug-likeness (QED) is 0.119. The molecule has 0 rings (SSSR count). The number of carboxylic acids is 1. The first-order valence-electron chi connectivity index (χ1n) is 9.98. The maximum Gasteiger partial charge on any atom is 0.328 e. The molecule has 8 atom stereocenters. The Balaban J connectivity index is 5.17. The Morgan fingerprint density at radius 3 is 1.58 bits per heavy atom. The van der Waals surface area contributed by atoms with Crippen LogP contribution < -0.4 is 27.0 Å². The van der Waals surface area contributed by atoms with E-state index in [2.05, 4.69) is 16.0 Å². The average molecular weight is 479 g/mol. The molecule has 190 valence electrons. The highest BCUT2D eigenvalue weighted by molar-refractivity contribution is 5.95. The molecule has 0 aliphatic rings. The predicted octanol–water partition coefficient (Wildman–Crippen LogP) is -5.51. The topological polar surface area (TPSA) is 261 Å². The van der Waals surface area contributed by atoms with Gasteiger partial charge >= 0.3 is 5.97 Å².